The summed E-state index contributed by atoms with van der Waals surface area (Å²) in [6, 6.07) is 22.6. The first-order valence-corrected chi connectivity index (χ1v) is 14.3. The fourth-order valence-electron chi connectivity index (χ4n) is 5.35. The molecule has 3 N–H and O–H groups in total. The van der Waals surface area contributed by atoms with Crippen molar-refractivity contribution in [3.8, 4) is 33.8 Å². The molecule has 0 aliphatic carbocycles. The van der Waals surface area contributed by atoms with Crippen molar-refractivity contribution in [2.24, 2.45) is 0 Å². The van der Waals surface area contributed by atoms with Crippen molar-refractivity contribution < 1.29 is 23.0 Å². The Bertz CT molecular complexity index is 1580. The molecule has 0 bridgehead atoms. The molecule has 0 spiro atoms. The number of anilines is 1. The summed E-state index contributed by atoms with van der Waals surface area (Å²) >= 11 is 0. The maximum absolute atomic E-state index is 14.2. The lowest BCUT2D eigenvalue weighted by Gasteiger charge is -2.19. The summed E-state index contributed by atoms with van der Waals surface area (Å²) in [5, 5.41) is 9.59. The van der Waals surface area contributed by atoms with Gasteiger partial charge in [-0.25, -0.2) is 8.78 Å². The molecule has 6 nitrogen and oxygen atoms in total. The van der Waals surface area contributed by atoms with Gasteiger partial charge in [-0.3, -0.25) is 4.79 Å². The highest BCUT2D eigenvalue weighted by Gasteiger charge is 2.21. The minimum Gasteiger partial charge on any atom is -0.488 e. The maximum Gasteiger partial charge on any atom is 0.255 e. The fraction of sp³-hybridized carbons (Fsp3) is 0.265. The molecular formula is C34H33F2N3O3. The molecule has 0 saturated carbocycles. The van der Waals surface area contributed by atoms with E-state index in [1.54, 1.807) is 18.2 Å². The highest BCUT2D eigenvalue weighted by atomic mass is 19.2. The largest absolute Gasteiger partial charge is 0.488 e. The van der Waals surface area contributed by atoms with Crippen molar-refractivity contribution in [2.45, 2.75) is 32.0 Å². The maximum atomic E-state index is 14.2. The van der Waals surface area contributed by atoms with Gasteiger partial charge < -0.3 is 25.4 Å². The predicted molar refractivity (Wildman–Crippen MR) is 160 cm³/mol. The van der Waals surface area contributed by atoms with Crippen LogP contribution in [0.3, 0.4) is 0 Å². The van der Waals surface area contributed by atoms with Crippen LogP contribution in [0.1, 0.15) is 28.8 Å². The van der Waals surface area contributed by atoms with Gasteiger partial charge in [0.25, 0.3) is 5.91 Å². The van der Waals surface area contributed by atoms with Crippen LogP contribution in [0.4, 0.5) is 14.5 Å². The zero-order chi connectivity index (χ0) is 29.1. The molecule has 42 heavy (non-hydrogen) atoms. The van der Waals surface area contributed by atoms with Crippen LogP contribution in [0.5, 0.6) is 11.5 Å². The predicted octanol–water partition coefficient (Wildman–Crippen LogP) is 6.34. The van der Waals surface area contributed by atoms with E-state index >= 15 is 0 Å². The topological polar surface area (TPSA) is 71.6 Å². The third-order valence-electron chi connectivity index (χ3n) is 7.69. The van der Waals surface area contributed by atoms with Gasteiger partial charge in [-0.2, -0.15) is 0 Å². The van der Waals surface area contributed by atoms with E-state index in [9.17, 15) is 13.6 Å². The molecule has 1 amide bonds. The molecule has 4 aromatic carbocycles. The number of halogens is 2. The van der Waals surface area contributed by atoms with Crippen LogP contribution in [0, 0.1) is 18.6 Å². The minimum atomic E-state index is -0.963. The number of carbonyl (C=O) groups excluding carboxylic acids is 1. The van der Waals surface area contributed by atoms with Crippen molar-refractivity contribution in [3.05, 3.63) is 102 Å². The number of carbonyl (C=O) groups is 1. The van der Waals surface area contributed by atoms with Crippen LogP contribution in [-0.4, -0.2) is 44.3 Å². The SMILES string of the molecule is Cc1ccc(-c2cc(NC(=O)c3ccc(O[C@H]4CCNC4)c(-c4ccc(F)c(F)c4)c3)ccc2O[C@@H]2CCNC2)cc1. The second kappa shape index (κ2) is 12.3. The van der Waals surface area contributed by atoms with E-state index in [-0.39, 0.29) is 18.1 Å². The van der Waals surface area contributed by atoms with Crippen LogP contribution in [0.25, 0.3) is 22.3 Å². The molecule has 2 heterocycles. The number of ether oxygens (including phenoxy) is 2. The summed E-state index contributed by atoms with van der Waals surface area (Å²) in [7, 11) is 0. The Morgan fingerprint density at radius 2 is 1.36 bits per heavy atom. The van der Waals surface area contributed by atoms with Gasteiger partial charge in [-0.15, -0.1) is 0 Å². The molecule has 6 rings (SSSR count). The standard InChI is InChI=1S/C34H33F2N3O3/c1-21-2-4-22(5-3-21)29-18-25(8-11-33(29)42-27-13-15-38-20-27)39-34(40)24-7-10-32(41-26-12-14-37-19-26)28(16-24)23-6-9-30(35)31(36)17-23/h2-11,16-18,26-27,37-38H,12-15,19-20H2,1H3,(H,39,40)/t26-,27+/m0/s1. The van der Waals surface area contributed by atoms with Gasteiger partial charge in [0.15, 0.2) is 11.6 Å². The van der Waals surface area contributed by atoms with Crippen LogP contribution in [0.2, 0.25) is 0 Å². The summed E-state index contributed by atoms with van der Waals surface area (Å²) in [5.74, 6) is -0.965. The van der Waals surface area contributed by atoms with E-state index in [0.717, 1.165) is 67.0 Å². The fourth-order valence-corrected chi connectivity index (χ4v) is 5.35. The van der Waals surface area contributed by atoms with Crippen molar-refractivity contribution in [3.63, 3.8) is 0 Å². The van der Waals surface area contributed by atoms with Gasteiger partial charge in [-0.05, 0) is 92.5 Å². The Labute approximate surface area is 244 Å². The second-order valence-electron chi connectivity index (χ2n) is 10.8. The summed E-state index contributed by atoms with van der Waals surface area (Å²) < 4.78 is 40.4. The second-order valence-corrected chi connectivity index (χ2v) is 10.8. The number of nitrogens with one attached hydrogen (secondary N) is 3. The number of aryl methyl sites for hydroxylation is 1. The van der Waals surface area contributed by atoms with Crippen molar-refractivity contribution >= 4 is 11.6 Å². The van der Waals surface area contributed by atoms with E-state index in [4.69, 9.17) is 9.47 Å². The average molecular weight is 570 g/mol. The molecule has 0 unspecified atom stereocenters. The highest BCUT2D eigenvalue weighted by Crippen LogP contribution is 2.36. The summed E-state index contributed by atoms with van der Waals surface area (Å²) in [6.07, 6.45) is 1.81. The highest BCUT2D eigenvalue weighted by molar-refractivity contribution is 6.05. The summed E-state index contributed by atoms with van der Waals surface area (Å²) in [6.45, 7) is 5.30. The van der Waals surface area contributed by atoms with Gasteiger partial charge in [0.05, 0.1) is 0 Å². The lowest BCUT2D eigenvalue weighted by atomic mass is 10.0. The number of rotatable bonds is 8. The number of hydrogen-bond acceptors (Lipinski definition) is 5. The van der Waals surface area contributed by atoms with E-state index in [1.807, 2.05) is 49.4 Å². The molecule has 2 fully saturated rings. The first kappa shape index (κ1) is 27.9. The summed E-state index contributed by atoms with van der Waals surface area (Å²) in [5.41, 5.74) is 4.94. The van der Waals surface area contributed by atoms with Crippen molar-refractivity contribution in [2.75, 3.05) is 31.5 Å². The van der Waals surface area contributed by atoms with Crippen molar-refractivity contribution in [1.29, 1.82) is 0 Å². The minimum absolute atomic E-state index is 0.0466. The summed E-state index contributed by atoms with van der Waals surface area (Å²) in [4.78, 5) is 13.5. The Morgan fingerprint density at radius 1 is 0.738 bits per heavy atom. The van der Waals surface area contributed by atoms with Crippen LogP contribution < -0.4 is 25.4 Å². The molecule has 2 saturated heterocycles. The molecule has 4 aromatic rings. The normalized spacial score (nSPS) is 18.2. The Kier molecular flexibility index (Phi) is 8.17. The lowest BCUT2D eigenvalue weighted by Crippen LogP contribution is -2.20. The molecule has 0 aromatic heterocycles. The van der Waals surface area contributed by atoms with Gasteiger partial charge >= 0.3 is 0 Å². The van der Waals surface area contributed by atoms with Gasteiger partial charge in [-0.1, -0.05) is 35.9 Å². The van der Waals surface area contributed by atoms with E-state index in [2.05, 4.69) is 16.0 Å². The van der Waals surface area contributed by atoms with Crippen molar-refractivity contribution in [1.82, 2.24) is 10.6 Å². The smallest absolute Gasteiger partial charge is 0.255 e. The zero-order valence-corrected chi connectivity index (χ0v) is 23.4. The monoisotopic (exact) mass is 569 g/mol. The zero-order valence-electron chi connectivity index (χ0n) is 23.4. The number of hydrogen-bond donors (Lipinski definition) is 3. The first-order chi connectivity index (χ1) is 20.4. The van der Waals surface area contributed by atoms with Crippen LogP contribution in [0.15, 0.2) is 78.9 Å². The Hall–Kier alpha value is -4.27. The molecule has 2 aliphatic heterocycles. The van der Waals surface area contributed by atoms with E-state index in [0.29, 0.717) is 34.7 Å². The molecule has 8 heteroatoms. The van der Waals surface area contributed by atoms with Crippen LogP contribution in [-0.2, 0) is 0 Å². The quantitative estimate of drug-likeness (QED) is 0.231. The number of amides is 1. The molecular weight excluding hydrogens is 536 g/mol. The van der Waals surface area contributed by atoms with Gasteiger partial charge in [0.2, 0.25) is 0 Å². The number of benzene rings is 4. The molecule has 2 aliphatic rings. The van der Waals surface area contributed by atoms with Gasteiger partial charge in [0, 0.05) is 35.5 Å². The Morgan fingerprint density at radius 3 is 1.98 bits per heavy atom. The average Bonchev–Trinajstić information content (AvgIpc) is 3.71. The molecule has 216 valence electrons. The van der Waals surface area contributed by atoms with Gasteiger partial charge in [0.1, 0.15) is 23.7 Å². The van der Waals surface area contributed by atoms with E-state index in [1.165, 1.54) is 6.07 Å². The van der Waals surface area contributed by atoms with E-state index < -0.39 is 11.6 Å². The van der Waals surface area contributed by atoms with Crippen LogP contribution >= 0.6 is 0 Å². The Balaban J connectivity index is 1.30. The first-order valence-electron chi connectivity index (χ1n) is 14.3. The lowest BCUT2D eigenvalue weighted by molar-refractivity contribution is 0.102. The third-order valence-corrected chi connectivity index (χ3v) is 7.69. The third kappa shape index (κ3) is 6.30. The molecule has 2 atom stereocenters. The molecule has 0 radical (unpaired) electrons.